The maximum absolute atomic E-state index is 6.18. The van der Waals surface area contributed by atoms with E-state index in [4.69, 9.17) is 14.4 Å². The van der Waals surface area contributed by atoms with Gasteiger partial charge in [-0.15, -0.1) is 0 Å². The molecule has 0 fully saturated rings. The lowest BCUT2D eigenvalue weighted by molar-refractivity contribution is 0.669. The van der Waals surface area contributed by atoms with Gasteiger partial charge in [0.25, 0.3) is 0 Å². The number of aromatic nitrogens is 4. The smallest absolute Gasteiger partial charge is 0.163 e. The lowest BCUT2D eigenvalue weighted by atomic mass is 10.0. The van der Waals surface area contributed by atoms with Gasteiger partial charge < -0.3 is 13.9 Å². The van der Waals surface area contributed by atoms with Crippen LogP contribution in [0.15, 0.2) is 199 Å². The summed E-state index contributed by atoms with van der Waals surface area (Å²) in [4.78, 5) is 16.5. The fourth-order valence-electron chi connectivity index (χ4n) is 8.27. The summed E-state index contributed by atoms with van der Waals surface area (Å²) >= 11 is 0. The SMILES string of the molecule is Cc1nc(-c2ccccc2)nc(-c2ccc(-n3c4ccccc4c4cccc(-c5ccc(N(c6ccccc6)c6ccc7oc8ccccc8c7c6)cc5)c43)cc2)n1. The van der Waals surface area contributed by atoms with Crippen LogP contribution in [0.1, 0.15) is 5.82 Å². The molecule has 0 bridgehead atoms. The standard InChI is InChI=1S/C52H35N5O/c1-34-53-51(36-13-4-2-5-14-36)55-52(54-34)37-25-29-40(30-26-37)57-47-21-10-8-17-43(47)45-20-12-19-42(50(45)57)35-23-27-39(28-24-35)56(38-15-6-3-7-16-38)41-31-32-49-46(33-41)44-18-9-11-22-48(44)58-49/h2-33H,1H3. The van der Waals surface area contributed by atoms with E-state index >= 15 is 0 Å². The average Bonchev–Trinajstić information content (AvgIpc) is 3.83. The average molecular weight is 746 g/mol. The molecule has 0 spiro atoms. The molecule has 0 saturated carbocycles. The summed E-state index contributed by atoms with van der Waals surface area (Å²) in [6.07, 6.45) is 0. The predicted octanol–water partition coefficient (Wildman–Crippen LogP) is 13.6. The molecule has 3 heterocycles. The van der Waals surface area contributed by atoms with E-state index in [0.717, 1.165) is 78.0 Å². The first-order valence-electron chi connectivity index (χ1n) is 19.4. The number of para-hydroxylation sites is 4. The number of furan rings is 1. The van der Waals surface area contributed by atoms with Crippen LogP contribution >= 0.6 is 0 Å². The van der Waals surface area contributed by atoms with E-state index in [1.807, 2.05) is 49.4 Å². The highest BCUT2D eigenvalue weighted by atomic mass is 16.3. The van der Waals surface area contributed by atoms with Gasteiger partial charge in [0.1, 0.15) is 17.0 Å². The lowest BCUT2D eigenvalue weighted by Crippen LogP contribution is -2.09. The van der Waals surface area contributed by atoms with Gasteiger partial charge in [0.05, 0.1) is 11.0 Å². The van der Waals surface area contributed by atoms with E-state index in [0.29, 0.717) is 17.5 Å². The van der Waals surface area contributed by atoms with Gasteiger partial charge in [0.2, 0.25) is 0 Å². The van der Waals surface area contributed by atoms with Crippen LogP contribution in [0.2, 0.25) is 0 Å². The highest BCUT2D eigenvalue weighted by Crippen LogP contribution is 2.42. The van der Waals surface area contributed by atoms with Crippen molar-refractivity contribution in [3.63, 3.8) is 0 Å². The second kappa shape index (κ2) is 13.7. The first-order valence-corrected chi connectivity index (χ1v) is 19.4. The van der Waals surface area contributed by atoms with Crippen molar-refractivity contribution in [3.8, 4) is 39.6 Å². The van der Waals surface area contributed by atoms with E-state index < -0.39 is 0 Å². The van der Waals surface area contributed by atoms with Gasteiger partial charge in [-0.25, -0.2) is 15.0 Å². The third kappa shape index (κ3) is 5.70. The van der Waals surface area contributed by atoms with E-state index in [2.05, 4.69) is 166 Å². The third-order valence-electron chi connectivity index (χ3n) is 10.9. The second-order valence-electron chi connectivity index (χ2n) is 14.5. The van der Waals surface area contributed by atoms with Gasteiger partial charge in [0.15, 0.2) is 11.6 Å². The fraction of sp³-hybridized carbons (Fsp3) is 0.0192. The Morgan fingerprint density at radius 2 is 1.02 bits per heavy atom. The molecule has 11 rings (SSSR count). The summed E-state index contributed by atoms with van der Waals surface area (Å²) < 4.78 is 8.56. The molecule has 0 radical (unpaired) electrons. The normalized spacial score (nSPS) is 11.5. The minimum Gasteiger partial charge on any atom is -0.456 e. The number of aryl methyl sites for hydroxylation is 1. The molecule has 11 aromatic rings. The molecule has 0 aliphatic heterocycles. The van der Waals surface area contributed by atoms with Gasteiger partial charge in [-0.05, 0) is 91.3 Å². The summed E-state index contributed by atoms with van der Waals surface area (Å²) in [5, 5.41) is 4.61. The molecule has 0 aliphatic carbocycles. The number of fused-ring (bicyclic) bond motifs is 6. The Labute approximate surface area is 334 Å². The Morgan fingerprint density at radius 1 is 0.431 bits per heavy atom. The molecule has 6 nitrogen and oxygen atoms in total. The highest BCUT2D eigenvalue weighted by molar-refractivity contribution is 6.14. The zero-order chi connectivity index (χ0) is 38.6. The minimum absolute atomic E-state index is 0.656. The Hall–Kier alpha value is -7.83. The summed E-state index contributed by atoms with van der Waals surface area (Å²) in [5.74, 6) is 2.01. The highest BCUT2D eigenvalue weighted by Gasteiger charge is 2.19. The summed E-state index contributed by atoms with van der Waals surface area (Å²) in [6, 6.07) is 68.0. The van der Waals surface area contributed by atoms with Crippen molar-refractivity contribution in [1.82, 2.24) is 19.5 Å². The number of hydrogen-bond acceptors (Lipinski definition) is 5. The quantitative estimate of drug-likeness (QED) is 0.163. The van der Waals surface area contributed by atoms with Crippen LogP contribution in [0.4, 0.5) is 17.1 Å². The molecule has 3 aromatic heterocycles. The summed E-state index contributed by atoms with van der Waals surface area (Å²) in [6.45, 7) is 1.92. The molecular weight excluding hydrogens is 711 g/mol. The van der Waals surface area contributed by atoms with Crippen molar-refractivity contribution < 1.29 is 4.42 Å². The van der Waals surface area contributed by atoms with Crippen LogP contribution in [0, 0.1) is 6.92 Å². The van der Waals surface area contributed by atoms with Crippen molar-refractivity contribution in [2.75, 3.05) is 4.90 Å². The van der Waals surface area contributed by atoms with E-state index in [9.17, 15) is 0 Å². The second-order valence-corrected chi connectivity index (χ2v) is 14.5. The van der Waals surface area contributed by atoms with E-state index in [-0.39, 0.29) is 0 Å². The lowest BCUT2D eigenvalue weighted by Gasteiger charge is -2.25. The Morgan fingerprint density at radius 3 is 1.79 bits per heavy atom. The molecule has 0 N–H and O–H groups in total. The van der Waals surface area contributed by atoms with Crippen molar-refractivity contribution in [2.45, 2.75) is 6.92 Å². The van der Waals surface area contributed by atoms with Gasteiger partial charge >= 0.3 is 0 Å². The first-order chi connectivity index (χ1) is 28.7. The molecule has 58 heavy (non-hydrogen) atoms. The maximum atomic E-state index is 6.18. The van der Waals surface area contributed by atoms with Crippen LogP contribution in [0.25, 0.3) is 83.3 Å². The Kier molecular flexibility index (Phi) is 7.93. The zero-order valence-electron chi connectivity index (χ0n) is 31.6. The van der Waals surface area contributed by atoms with E-state index in [1.54, 1.807) is 0 Å². The molecule has 0 aliphatic rings. The fourth-order valence-corrected chi connectivity index (χ4v) is 8.27. The van der Waals surface area contributed by atoms with Crippen LogP contribution in [0.5, 0.6) is 0 Å². The molecule has 0 amide bonds. The number of hydrogen-bond donors (Lipinski definition) is 0. The third-order valence-corrected chi connectivity index (χ3v) is 10.9. The number of nitrogens with zero attached hydrogens (tertiary/aromatic N) is 5. The minimum atomic E-state index is 0.656. The molecule has 0 saturated heterocycles. The number of anilines is 3. The summed E-state index contributed by atoms with van der Waals surface area (Å²) in [5.41, 5.74) is 12.5. The molecule has 0 atom stereocenters. The van der Waals surface area contributed by atoms with Crippen LogP contribution < -0.4 is 4.90 Å². The number of rotatable bonds is 7. The van der Waals surface area contributed by atoms with E-state index in [1.165, 1.54) is 10.8 Å². The predicted molar refractivity (Wildman–Crippen MR) is 237 cm³/mol. The topological polar surface area (TPSA) is 60.0 Å². The number of benzene rings is 8. The van der Waals surface area contributed by atoms with Gasteiger partial charge in [0, 0.05) is 61.0 Å². The van der Waals surface area contributed by atoms with Crippen molar-refractivity contribution in [1.29, 1.82) is 0 Å². The Balaban J connectivity index is 1.01. The van der Waals surface area contributed by atoms with Crippen molar-refractivity contribution in [3.05, 3.63) is 200 Å². The Bertz CT molecular complexity index is 3280. The maximum Gasteiger partial charge on any atom is 0.163 e. The van der Waals surface area contributed by atoms with Crippen LogP contribution in [-0.2, 0) is 0 Å². The first kappa shape index (κ1) is 33.5. The molecule has 274 valence electrons. The molecule has 8 aromatic carbocycles. The largest absolute Gasteiger partial charge is 0.456 e. The van der Waals surface area contributed by atoms with Gasteiger partial charge in [-0.2, -0.15) is 0 Å². The monoisotopic (exact) mass is 745 g/mol. The van der Waals surface area contributed by atoms with Gasteiger partial charge in [-0.1, -0.05) is 115 Å². The molecule has 6 heteroatoms. The van der Waals surface area contributed by atoms with Crippen LogP contribution in [-0.4, -0.2) is 19.5 Å². The van der Waals surface area contributed by atoms with Gasteiger partial charge in [-0.3, -0.25) is 0 Å². The molecule has 0 unspecified atom stereocenters. The summed E-state index contributed by atoms with van der Waals surface area (Å²) in [7, 11) is 0. The van der Waals surface area contributed by atoms with Crippen molar-refractivity contribution in [2.24, 2.45) is 0 Å². The van der Waals surface area contributed by atoms with Crippen molar-refractivity contribution >= 4 is 60.8 Å². The zero-order valence-corrected chi connectivity index (χ0v) is 31.6. The molecular formula is C52H35N5O. The van der Waals surface area contributed by atoms with Crippen LogP contribution in [0.3, 0.4) is 0 Å².